The van der Waals surface area contributed by atoms with Gasteiger partial charge in [0.15, 0.2) is 0 Å². The van der Waals surface area contributed by atoms with Gasteiger partial charge < -0.3 is 5.73 Å². The summed E-state index contributed by atoms with van der Waals surface area (Å²) < 4.78 is 0.829. The Kier molecular flexibility index (Phi) is 6.71. The average Bonchev–Trinajstić information content (AvgIpc) is 2.51. The molecule has 2 aromatic carbocycles. The lowest BCUT2D eigenvalue weighted by Crippen LogP contribution is -1.90. The summed E-state index contributed by atoms with van der Waals surface area (Å²) in [4.78, 5) is 0. The number of nitrogens with two attached hydrogens (primary N) is 1. The topological polar surface area (TPSA) is 73.6 Å². The van der Waals surface area contributed by atoms with Crippen molar-refractivity contribution >= 4 is 44.8 Å². The van der Waals surface area contributed by atoms with Gasteiger partial charge in [-0.25, -0.2) is 0 Å². The molecule has 0 aliphatic rings. The Morgan fingerprint density at radius 1 is 0.909 bits per heavy atom. The van der Waals surface area contributed by atoms with Crippen molar-refractivity contribution < 1.29 is 0 Å². The van der Waals surface area contributed by atoms with Gasteiger partial charge in [-0.3, -0.25) is 0 Å². The molecule has 0 amide bonds. The number of hydrogen-bond acceptors (Lipinski definition) is 3. The minimum Gasteiger partial charge on any atom is -0.398 e. The van der Waals surface area contributed by atoms with Gasteiger partial charge in [-0.1, -0.05) is 23.2 Å². The van der Waals surface area contributed by atoms with Gasteiger partial charge in [0.25, 0.3) is 0 Å². The molecule has 6 heteroatoms. The van der Waals surface area contributed by atoms with Crippen molar-refractivity contribution in [3.8, 4) is 12.1 Å². The van der Waals surface area contributed by atoms with Gasteiger partial charge >= 0.3 is 0 Å². The molecule has 0 saturated carbocycles. The lowest BCUT2D eigenvalue weighted by molar-refractivity contribution is 1.38. The fraction of sp³-hybridized carbons (Fsp3) is 0.125. The van der Waals surface area contributed by atoms with Crippen LogP contribution in [0.2, 0.25) is 10.0 Å². The number of halogens is 3. The summed E-state index contributed by atoms with van der Waals surface area (Å²) >= 11 is 14.9. The Bertz CT molecular complexity index is 722. The second-order valence-electron chi connectivity index (χ2n) is 4.40. The standard InChI is InChI=1S/C8H5BrClN.C8H7ClN2/c1-5-6(4-11)2-3-7(9)8(5)10;1-5-6(4-10)2-3-7(11)8(5)9/h2-3H,1H3;2-3H,11H2,1H3. The molecular weight excluding hydrogens is 385 g/mol. The summed E-state index contributed by atoms with van der Waals surface area (Å²) in [7, 11) is 0. The van der Waals surface area contributed by atoms with Crippen LogP contribution in [0, 0.1) is 36.5 Å². The molecule has 112 valence electrons. The SMILES string of the molecule is Cc1c(C#N)ccc(Br)c1Cl.Cc1c(C#N)ccc(N)c1Cl. The van der Waals surface area contributed by atoms with Crippen LogP contribution >= 0.6 is 39.1 Å². The number of nitrogen functional groups attached to an aromatic ring is 1. The third kappa shape index (κ3) is 4.15. The summed E-state index contributed by atoms with van der Waals surface area (Å²) in [6.45, 7) is 3.60. The van der Waals surface area contributed by atoms with E-state index in [-0.39, 0.29) is 0 Å². The van der Waals surface area contributed by atoms with Crippen LogP contribution in [-0.4, -0.2) is 0 Å². The molecule has 0 fully saturated rings. The molecule has 22 heavy (non-hydrogen) atoms. The van der Waals surface area contributed by atoms with Crippen LogP contribution in [0.25, 0.3) is 0 Å². The van der Waals surface area contributed by atoms with Crippen LogP contribution in [0.4, 0.5) is 5.69 Å². The molecule has 2 aromatic rings. The molecule has 0 spiro atoms. The highest BCUT2D eigenvalue weighted by Gasteiger charge is 2.05. The number of benzene rings is 2. The maximum Gasteiger partial charge on any atom is 0.0994 e. The first-order valence-electron chi connectivity index (χ1n) is 6.12. The van der Waals surface area contributed by atoms with E-state index in [1.165, 1.54) is 0 Å². The predicted octanol–water partition coefficient (Wildman–Crippen LogP) is 5.38. The number of rotatable bonds is 0. The molecule has 3 nitrogen and oxygen atoms in total. The van der Waals surface area contributed by atoms with E-state index in [1.54, 1.807) is 31.2 Å². The van der Waals surface area contributed by atoms with Crippen molar-refractivity contribution in [2.45, 2.75) is 13.8 Å². The van der Waals surface area contributed by atoms with Crippen molar-refractivity contribution in [3.05, 3.63) is 61.0 Å². The maximum atomic E-state index is 8.61. The molecule has 0 unspecified atom stereocenters. The third-order valence-electron chi connectivity index (χ3n) is 3.00. The third-order valence-corrected chi connectivity index (χ3v) is 4.87. The normalized spacial score (nSPS) is 9.23. The molecule has 0 atom stereocenters. The molecule has 0 aliphatic carbocycles. The van der Waals surface area contributed by atoms with Gasteiger partial charge in [0.05, 0.1) is 39.0 Å². The molecule has 0 saturated heterocycles. The van der Waals surface area contributed by atoms with Crippen LogP contribution < -0.4 is 5.73 Å². The smallest absolute Gasteiger partial charge is 0.0994 e. The lowest BCUT2D eigenvalue weighted by Gasteiger charge is -2.02. The molecule has 0 heterocycles. The summed E-state index contributed by atoms with van der Waals surface area (Å²) in [6, 6.07) is 10.9. The molecule has 0 bridgehead atoms. The zero-order valence-electron chi connectivity index (χ0n) is 11.9. The van der Waals surface area contributed by atoms with Crippen molar-refractivity contribution in [3.63, 3.8) is 0 Å². The van der Waals surface area contributed by atoms with Crippen LogP contribution in [-0.2, 0) is 0 Å². The van der Waals surface area contributed by atoms with Gasteiger partial charge in [-0.05, 0) is 65.2 Å². The number of nitrogens with zero attached hydrogens (tertiary/aromatic N) is 2. The molecule has 2 rings (SSSR count). The Balaban J connectivity index is 0.000000220. The van der Waals surface area contributed by atoms with Crippen molar-refractivity contribution in [2.24, 2.45) is 0 Å². The Morgan fingerprint density at radius 3 is 1.86 bits per heavy atom. The van der Waals surface area contributed by atoms with Crippen molar-refractivity contribution in [1.82, 2.24) is 0 Å². The van der Waals surface area contributed by atoms with Gasteiger partial charge in [-0.15, -0.1) is 0 Å². The minimum atomic E-state index is 0.476. The van der Waals surface area contributed by atoms with E-state index in [0.717, 1.165) is 15.6 Å². The molecule has 0 radical (unpaired) electrons. The Labute approximate surface area is 148 Å². The zero-order chi connectivity index (χ0) is 16.9. The molecule has 2 N–H and O–H groups in total. The monoisotopic (exact) mass is 395 g/mol. The first kappa shape index (κ1) is 18.3. The first-order valence-corrected chi connectivity index (χ1v) is 7.67. The van der Waals surface area contributed by atoms with E-state index in [1.807, 2.05) is 13.0 Å². The highest BCUT2D eigenvalue weighted by atomic mass is 79.9. The highest BCUT2D eigenvalue weighted by molar-refractivity contribution is 9.10. The van der Waals surface area contributed by atoms with E-state index in [4.69, 9.17) is 39.5 Å². The van der Waals surface area contributed by atoms with Crippen molar-refractivity contribution in [2.75, 3.05) is 5.73 Å². The van der Waals surface area contributed by atoms with Gasteiger partial charge in [0.1, 0.15) is 0 Å². The summed E-state index contributed by atoms with van der Waals surface area (Å²) in [5, 5.41) is 18.3. The average molecular weight is 397 g/mol. The number of hydrogen-bond donors (Lipinski definition) is 1. The van der Waals surface area contributed by atoms with E-state index >= 15 is 0 Å². The van der Waals surface area contributed by atoms with Crippen LogP contribution in [0.1, 0.15) is 22.3 Å². The minimum absolute atomic E-state index is 0.476. The van der Waals surface area contributed by atoms with Crippen LogP contribution in [0.15, 0.2) is 28.7 Å². The predicted molar refractivity (Wildman–Crippen MR) is 93.9 cm³/mol. The lowest BCUT2D eigenvalue weighted by atomic mass is 10.1. The largest absolute Gasteiger partial charge is 0.398 e. The quantitative estimate of drug-likeness (QED) is 0.607. The summed E-state index contributed by atoms with van der Waals surface area (Å²) in [6.07, 6.45) is 0. The van der Waals surface area contributed by atoms with Crippen LogP contribution in [0.5, 0.6) is 0 Å². The van der Waals surface area contributed by atoms with E-state index < -0.39 is 0 Å². The number of nitriles is 2. The maximum absolute atomic E-state index is 8.61. The van der Waals surface area contributed by atoms with Gasteiger partial charge in [0.2, 0.25) is 0 Å². The van der Waals surface area contributed by atoms with E-state index in [0.29, 0.717) is 26.9 Å². The van der Waals surface area contributed by atoms with Gasteiger partial charge in [0, 0.05) is 4.47 Å². The summed E-state index contributed by atoms with van der Waals surface area (Å²) in [5.41, 5.74) is 8.78. The first-order chi connectivity index (χ1) is 10.3. The fourth-order valence-electron chi connectivity index (χ4n) is 1.60. The second kappa shape index (κ2) is 8.06. The van der Waals surface area contributed by atoms with Gasteiger partial charge in [-0.2, -0.15) is 10.5 Å². The molecule has 0 aromatic heterocycles. The zero-order valence-corrected chi connectivity index (χ0v) is 15.0. The second-order valence-corrected chi connectivity index (χ2v) is 6.01. The fourth-order valence-corrected chi connectivity index (χ4v) is 2.36. The molecular formula is C16H12BrCl2N3. The number of anilines is 1. The summed E-state index contributed by atoms with van der Waals surface area (Å²) in [5.74, 6) is 0. The Morgan fingerprint density at radius 2 is 1.36 bits per heavy atom. The van der Waals surface area contributed by atoms with E-state index in [2.05, 4.69) is 22.0 Å². The van der Waals surface area contributed by atoms with E-state index in [9.17, 15) is 0 Å². The Hall–Kier alpha value is -1.72. The molecule has 0 aliphatic heterocycles. The van der Waals surface area contributed by atoms with Crippen LogP contribution in [0.3, 0.4) is 0 Å². The van der Waals surface area contributed by atoms with Crippen molar-refractivity contribution in [1.29, 1.82) is 10.5 Å². The highest BCUT2D eigenvalue weighted by Crippen LogP contribution is 2.27.